The number of nitrogens with zero attached hydrogens (tertiary/aromatic N) is 1. The minimum absolute atomic E-state index is 0.166. The van der Waals surface area contributed by atoms with Crippen molar-refractivity contribution in [2.75, 3.05) is 13.2 Å². The van der Waals surface area contributed by atoms with Crippen LogP contribution in [0, 0.1) is 0 Å². The lowest BCUT2D eigenvalue weighted by Crippen LogP contribution is -2.22. The Bertz CT molecular complexity index is 573. The van der Waals surface area contributed by atoms with Crippen molar-refractivity contribution in [3.05, 3.63) is 35.9 Å². The average Bonchev–Trinajstić information content (AvgIpc) is 2.36. The van der Waals surface area contributed by atoms with Crippen LogP contribution < -0.4 is 5.73 Å². The Balaban J connectivity index is 2.44. The molecular weight excluding hydrogens is 363 g/mol. The highest BCUT2D eigenvalue weighted by Gasteiger charge is 2.24. The maximum atomic E-state index is 11.4. The lowest BCUT2D eigenvalue weighted by molar-refractivity contribution is 0.300. The standard InChI is InChI=1S/C11H13Cl3N2O4S/c12-11(13,14)8-20-21(17,18)16-10(15)19-7-6-9-4-2-1-3-5-9/h1-5H,6-8H2,(H2,15,16). The Morgan fingerprint density at radius 3 is 2.43 bits per heavy atom. The van der Waals surface area contributed by atoms with Crippen LogP contribution in [0.4, 0.5) is 0 Å². The van der Waals surface area contributed by atoms with Gasteiger partial charge in [0.05, 0.1) is 6.61 Å². The molecule has 0 atom stereocenters. The molecule has 6 nitrogen and oxygen atoms in total. The lowest BCUT2D eigenvalue weighted by Gasteiger charge is -2.09. The van der Waals surface area contributed by atoms with Crippen LogP contribution in [0.5, 0.6) is 0 Å². The van der Waals surface area contributed by atoms with Gasteiger partial charge in [0.15, 0.2) is 0 Å². The van der Waals surface area contributed by atoms with Crippen molar-refractivity contribution in [2.24, 2.45) is 10.1 Å². The summed E-state index contributed by atoms with van der Waals surface area (Å²) in [4.78, 5) is 0. The zero-order valence-corrected chi connectivity index (χ0v) is 13.8. The molecule has 0 bridgehead atoms. The number of rotatable bonds is 6. The Morgan fingerprint density at radius 2 is 1.86 bits per heavy atom. The Hall–Kier alpha value is -0.730. The highest BCUT2D eigenvalue weighted by Crippen LogP contribution is 2.26. The van der Waals surface area contributed by atoms with E-state index in [4.69, 9.17) is 45.3 Å². The normalized spacial score (nSPS) is 13.2. The van der Waals surface area contributed by atoms with E-state index in [1.165, 1.54) is 0 Å². The number of nitrogens with two attached hydrogens (primary N) is 1. The molecule has 10 heteroatoms. The van der Waals surface area contributed by atoms with Gasteiger partial charge >= 0.3 is 10.3 Å². The third kappa shape index (κ3) is 9.00. The first-order chi connectivity index (χ1) is 9.68. The van der Waals surface area contributed by atoms with E-state index in [0.29, 0.717) is 6.42 Å². The molecule has 0 amide bonds. The number of alkyl halides is 3. The second-order valence-electron chi connectivity index (χ2n) is 3.82. The van der Waals surface area contributed by atoms with Crippen LogP contribution in [0.3, 0.4) is 0 Å². The largest absolute Gasteiger partial charge is 0.464 e. The van der Waals surface area contributed by atoms with Crippen molar-refractivity contribution in [3.8, 4) is 0 Å². The van der Waals surface area contributed by atoms with Crippen molar-refractivity contribution in [3.63, 3.8) is 0 Å². The molecule has 1 aromatic rings. The monoisotopic (exact) mass is 374 g/mol. The third-order valence-corrected chi connectivity index (χ3v) is 3.20. The second kappa shape index (κ2) is 8.05. The van der Waals surface area contributed by atoms with Crippen LogP contribution in [0.1, 0.15) is 5.56 Å². The molecule has 0 saturated carbocycles. The highest BCUT2D eigenvalue weighted by molar-refractivity contribution is 7.85. The molecule has 0 unspecified atom stereocenters. The molecule has 2 N–H and O–H groups in total. The Kier molecular flexibility index (Phi) is 7.02. The van der Waals surface area contributed by atoms with Crippen molar-refractivity contribution in [1.29, 1.82) is 0 Å². The summed E-state index contributed by atoms with van der Waals surface area (Å²) in [7, 11) is -4.32. The van der Waals surface area contributed by atoms with E-state index in [2.05, 4.69) is 8.58 Å². The van der Waals surface area contributed by atoms with Crippen LogP contribution >= 0.6 is 34.8 Å². The summed E-state index contributed by atoms with van der Waals surface area (Å²) < 4.78 is 33.3. The summed E-state index contributed by atoms with van der Waals surface area (Å²) in [6, 6.07) is 8.89. The molecule has 0 aliphatic rings. The van der Waals surface area contributed by atoms with Gasteiger partial charge in [-0.25, -0.2) is 4.18 Å². The van der Waals surface area contributed by atoms with Gasteiger partial charge in [-0.15, -0.1) is 0 Å². The number of hydrogen-bond acceptors (Lipinski definition) is 4. The molecule has 0 heterocycles. The summed E-state index contributed by atoms with van der Waals surface area (Å²) >= 11 is 16.1. The van der Waals surface area contributed by atoms with Gasteiger partial charge in [-0.2, -0.15) is 8.42 Å². The van der Waals surface area contributed by atoms with Gasteiger partial charge in [-0.05, 0) is 5.56 Å². The van der Waals surface area contributed by atoms with Gasteiger partial charge in [-0.3, -0.25) is 0 Å². The molecule has 0 radical (unpaired) electrons. The Morgan fingerprint density at radius 1 is 1.24 bits per heavy atom. The fourth-order valence-electron chi connectivity index (χ4n) is 1.22. The van der Waals surface area contributed by atoms with Crippen LogP contribution in [0.15, 0.2) is 34.7 Å². The van der Waals surface area contributed by atoms with Crippen LogP contribution in [-0.4, -0.2) is 31.4 Å². The third-order valence-electron chi connectivity index (χ3n) is 2.06. The SMILES string of the molecule is N/C(=N\S(=O)(=O)OCC(Cl)(Cl)Cl)OCCc1ccccc1. The van der Waals surface area contributed by atoms with Crippen molar-refractivity contribution in [1.82, 2.24) is 0 Å². The lowest BCUT2D eigenvalue weighted by atomic mass is 10.2. The number of hydrogen-bond donors (Lipinski definition) is 1. The van der Waals surface area contributed by atoms with E-state index in [9.17, 15) is 8.42 Å². The zero-order valence-electron chi connectivity index (χ0n) is 10.7. The fourth-order valence-corrected chi connectivity index (χ4v) is 2.23. The highest BCUT2D eigenvalue weighted by atomic mass is 35.6. The quantitative estimate of drug-likeness (QED) is 0.467. The molecule has 0 aliphatic carbocycles. The second-order valence-corrected chi connectivity index (χ2v) is 7.61. The van der Waals surface area contributed by atoms with Crippen LogP contribution in [0.2, 0.25) is 0 Å². The van der Waals surface area contributed by atoms with E-state index in [1.54, 1.807) is 0 Å². The fraction of sp³-hybridized carbons (Fsp3) is 0.364. The van der Waals surface area contributed by atoms with E-state index < -0.39 is 26.7 Å². The average molecular weight is 376 g/mol. The number of benzene rings is 1. The maximum absolute atomic E-state index is 11.4. The zero-order chi connectivity index (χ0) is 15.9. The molecule has 0 fully saturated rings. The summed E-state index contributed by atoms with van der Waals surface area (Å²) in [5.41, 5.74) is 6.35. The summed E-state index contributed by atoms with van der Waals surface area (Å²) in [5, 5.41) is 0. The molecule has 0 spiro atoms. The maximum Gasteiger partial charge on any atom is 0.385 e. The number of ether oxygens (including phenoxy) is 1. The van der Waals surface area contributed by atoms with Gasteiger partial charge in [0, 0.05) is 6.42 Å². The number of halogens is 3. The molecule has 1 rings (SSSR count). The molecule has 0 aromatic heterocycles. The van der Waals surface area contributed by atoms with E-state index in [-0.39, 0.29) is 6.61 Å². The topological polar surface area (TPSA) is 91.0 Å². The molecule has 21 heavy (non-hydrogen) atoms. The predicted molar refractivity (Wildman–Crippen MR) is 82.9 cm³/mol. The Labute approximate surface area is 138 Å². The summed E-state index contributed by atoms with van der Waals surface area (Å²) in [5.74, 6) is 0. The van der Waals surface area contributed by atoms with Gasteiger partial charge in [0.25, 0.3) is 6.02 Å². The molecule has 118 valence electrons. The summed E-state index contributed by atoms with van der Waals surface area (Å²) in [6.45, 7) is -0.514. The van der Waals surface area contributed by atoms with Crippen molar-refractivity contribution < 1.29 is 17.3 Å². The number of amidine groups is 1. The first-order valence-corrected chi connectivity index (χ1v) is 8.16. The van der Waals surface area contributed by atoms with E-state index >= 15 is 0 Å². The van der Waals surface area contributed by atoms with Gasteiger partial charge in [-0.1, -0.05) is 69.5 Å². The van der Waals surface area contributed by atoms with Gasteiger partial charge in [0.1, 0.15) is 6.61 Å². The van der Waals surface area contributed by atoms with Crippen LogP contribution in [0.25, 0.3) is 0 Å². The summed E-state index contributed by atoms with van der Waals surface area (Å²) in [6.07, 6.45) is 0.548. The van der Waals surface area contributed by atoms with E-state index in [0.717, 1.165) is 5.56 Å². The smallest absolute Gasteiger partial charge is 0.385 e. The molecular formula is C11H13Cl3N2O4S. The molecule has 0 saturated heterocycles. The van der Waals surface area contributed by atoms with Crippen LogP contribution in [-0.2, 0) is 25.6 Å². The van der Waals surface area contributed by atoms with Gasteiger partial charge in [0.2, 0.25) is 3.79 Å². The predicted octanol–water partition coefficient (Wildman–Crippen LogP) is 2.19. The first kappa shape index (κ1) is 18.3. The van der Waals surface area contributed by atoms with E-state index in [1.807, 2.05) is 30.3 Å². The minimum Gasteiger partial charge on any atom is -0.464 e. The van der Waals surface area contributed by atoms with Crippen molar-refractivity contribution in [2.45, 2.75) is 10.2 Å². The molecule has 1 aromatic carbocycles. The van der Waals surface area contributed by atoms with Gasteiger partial charge < -0.3 is 10.5 Å². The first-order valence-electron chi connectivity index (χ1n) is 5.66. The molecule has 0 aliphatic heterocycles. The van der Waals surface area contributed by atoms with Crippen molar-refractivity contribution >= 4 is 51.1 Å². The minimum atomic E-state index is -4.32.